The summed E-state index contributed by atoms with van der Waals surface area (Å²) < 4.78 is 10.1. The van der Waals surface area contributed by atoms with Crippen molar-refractivity contribution < 1.29 is 24.2 Å². The highest BCUT2D eigenvalue weighted by atomic mass is 16.6. The second-order valence-electron chi connectivity index (χ2n) is 4.16. The zero-order valence-electron chi connectivity index (χ0n) is 10.3. The van der Waals surface area contributed by atoms with Gasteiger partial charge in [0.05, 0.1) is 19.1 Å². The van der Waals surface area contributed by atoms with Crippen molar-refractivity contribution in [2.75, 3.05) is 19.7 Å². The minimum atomic E-state index is -1.32. The van der Waals surface area contributed by atoms with E-state index >= 15 is 0 Å². The van der Waals surface area contributed by atoms with Crippen LogP contribution in [-0.4, -0.2) is 42.8 Å². The van der Waals surface area contributed by atoms with Crippen molar-refractivity contribution >= 4 is 12.1 Å². The van der Waals surface area contributed by atoms with Crippen molar-refractivity contribution in [2.45, 2.75) is 12.7 Å². The highest BCUT2D eigenvalue weighted by Crippen LogP contribution is 2.08. The molecule has 1 amide bonds. The first-order valence-corrected chi connectivity index (χ1v) is 5.95. The lowest BCUT2D eigenvalue weighted by Gasteiger charge is -2.32. The molecule has 1 fully saturated rings. The number of nitrogens with zero attached hydrogens (tertiary/aromatic N) is 1. The summed E-state index contributed by atoms with van der Waals surface area (Å²) in [6.45, 7) is 0.597. The molecule has 0 unspecified atom stereocenters. The molecule has 0 bridgehead atoms. The SMILES string of the molecule is O=C([O-])[C@@H]1CN(C(=O)OCc2ccccc2)CCO1. The van der Waals surface area contributed by atoms with Gasteiger partial charge in [-0.2, -0.15) is 0 Å². The number of carboxylic acids is 1. The van der Waals surface area contributed by atoms with Gasteiger partial charge < -0.3 is 24.3 Å². The number of ether oxygens (including phenoxy) is 2. The van der Waals surface area contributed by atoms with Crippen LogP contribution in [0, 0.1) is 0 Å². The third-order valence-corrected chi connectivity index (χ3v) is 2.79. The average molecular weight is 264 g/mol. The molecule has 2 rings (SSSR count). The summed E-state index contributed by atoms with van der Waals surface area (Å²) in [5.74, 6) is -1.32. The van der Waals surface area contributed by atoms with Gasteiger partial charge in [0, 0.05) is 6.54 Å². The number of rotatable bonds is 3. The zero-order chi connectivity index (χ0) is 13.7. The van der Waals surface area contributed by atoms with Crippen LogP contribution in [0.1, 0.15) is 5.56 Å². The van der Waals surface area contributed by atoms with Crippen LogP contribution in [0.5, 0.6) is 0 Å². The average Bonchev–Trinajstić information content (AvgIpc) is 2.46. The van der Waals surface area contributed by atoms with Gasteiger partial charge in [-0.15, -0.1) is 0 Å². The predicted molar refractivity (Wildman–Crippen MR) is 62.9 cm³/mol. The van der Waals surface area contributed by atoms with Gasteiger partial charge in [0.2, 0.25) is 0 Å². The summed E-state index contributed by atoms with van der Waals surface area (Å²) in [4.78, 5) is 23.8. The van der Waals surface area contributed by atoms with Gasteiger partial charge >= 0.3 is 6.09 Å². The Bertz CT molecular complexity index is 448. The lowest BCUT2D eigenvalue weighted by atomic mass is 10.2. The van der Waals surface area contributed by atoms with E-state index in [2.05, 4.69) is 0 Å². The number of aliphatic carboxylic acids is 1. The molecule has 0 radical (unpaired) electrons. The molecule has 1 heterocycles. The molecule has 1 atom stereocenters. The summed E-state index contributed by atoms with van der Waals surface area (Å²) in [5, 5.41) is 10.7. The molecule has 102 valence electrons. The molecule has 6 heteroatoms. The monoisotopic (exact) mass is 264 g/mol. The Morgan fingerprint density at radius 2 is 2.11 bits per heavy atom. The van der Waals surface area contributed by atoms with Gasteiger partial charge in [-0.1, -0.05) is 30.3 Å². The Morgan fingerprint density at radius 1 is 1.37 bits per heavy atom. The van der Waals surface area contributed by atoms with Gasteiger partial charge in [-0.3, -0.25) is 0 Å². The van der Waals surface area contributed by atoms with Crippen molar-refractivity contribution in [2.24, 2.45) is 0 Å². The third kappa shape index (κ3) is 3.69. The molecule has 1 saturated heterocycles. The van der Waals surface area contributed by atoms with Crippen LogP contribution in [0.2, 0.25) is 0 Å². The summed E-state index contributed by atoms with van der Waals surface area (Å²) in [5.41, 5.74) is 0.876. The third-order valence-electron chi connectivity index (χ3n) is 2.79. The molecule has 1 aromatic carbocycles. The van der Waals surface area contributed by atoms with Gasteiger partial charge in [-0.25, -0.2) is 4.79 Å². The molecule has 0 aliphatic carbocycles. The summed E-state index contributed by atoms with van der Waals surface area (Å²) in [6, 6.07) is 9.26. The van der Waals surface area contributed by atoms with Gasteiger partial charge in [0.15, 0.2) is 0 Å². The molecule has 6 nitrogen and oxygen atoms in total. The summed E-state index contributed by atoms with van der Waals surface area (Å²) in [6.07, 6.45) is -1.63. The van der Waals surface area contributed by atoms with Crippen LogP contribution in [0.4, 0.5) is 4.79 Å². The lowest BCUT2D eigenvalue weighted by Crippen LogP contribution is -2.52. The Balaban J connectivity index is 1.84. The highest BCUT2D eigenvalue weighted by molar-refractivity contribution is 5.73. The van der Waals surface area contributed by atoms with Crippen LogP contribution in [0.3, 0.4) is 0 Å². The van der Waals surface area contributed by atoms with E-state index in [0.717, 1.165) is 5.56 Å². The normalized spacial score (nSPS) is 18.9. The number of benzene rings is 1. The minimum Gasteiger partial charge on any atom is -0.547 e. The fourth-order valence-electron chi connectivity index (χ4n) is 1.77. The van der Waals surface area contributed by atoms with Crippen LogP contribution in [-0.2, 0) is 20.9 Å². The quantitative estimate of drug-likeness (QED) is 0.753. The minimum absolute atomic E-state index is 0.0457. The molecule has 19 heavy (non-hydrogen) atoms. The molecule has 0 aromatic heterocycles. The van der Waals surface area contributed by atoms with Gasteiger partial charge in [0.25, 0.3) is 0 Å². The van der Waals surface area contributed by atoms with Gasteiger partial charge in [0.1, 0.15) is 12.7 Å². The second-order valence-corrected chi connectivity index (χ2v) is 4.16. The molecule has 1 aromatic rings. The maximum absolute atomic E-state index is 11.8. The van der Waals surface area contributed by atoms with Crippen LogP contribution in [0.15, 0.2) is 30.3 Å². The number of hydrogen-bond acceptors (Lipinski definition) is 5. The van der Waals surface area contributed by atoms with Crippen LogP contribution >= 0.6 is 0 Å². The molecule has 0 saturated carbocycles. The number of amides is 1. The maximum Gasteiger partial charge on any atom is 0.410 e. The van der Waals surface area contributed by atoms with Crippen molar-refractivity contribution in [3.8, 4) is 0 Å². The Kier molecular flexibility index (Phi) is 4.35. The molecular weight excluding hydrogens is 250 g/mol. The van der Waals surface area contributed by atoms with Crippen LogP contribution < -0.4 is 5.11 Å². The number of carbonyl (C=O) groups is 2. The van der Waals surface area contributed by atoms with E-state index in [-0.39, 0.29) is 19.8 Å². The van der Waals surface area contributed by atoms with Crippen LogP contribution in [0.25, 0.3) is 0 Å². The summed E-state index contributed by atoms with van der Waals surface area (Å²) >= 11 is 0. The van der Waals surface area contributed by atoms with E-state index in [1.54, 1.807) is 0 Å². The van der Waals surface area contributed by atoms with Gasteiger partial charge in [-0.05, 0) is 5.56 Å². The van der Waals surface area contributed by atoms with Crippen molar-refractivity contribution in [1.29, 1.82) is 0 Å². The Hall–Kier alpha value is -2.08. The molecule has 1 aliphatic rings. The molecule has 1 aliphatic heterocycles. The number of carbonyl (C=O) groups excluding carboxylic acids is 2. The standard InChI is InChI=1S/C13H15NO5/c15-12(16)11-8-14(6-7-18-11)13(17)19-9-10-4-2-1-3-5-10/h1-5,11H,6-9H2,(H,15,16)/p-1/t11-/m0/s1. The molecular formula is C13H14NO5-. The molecule has 0 spiro atoms. The van der Waals surface area contributed by atoms with E-state index in [9.17, 15) is 14.7 Å². The molecule has 0 N–H and O–H groups in total. The maximum atomic E-state index is 11.8. The van der Waals surface area contributed by atoms with Crippen molar-refractivity contribution in [3.05, 3.63) is 35.9 Å². The van der Waals surface area contributed by atoms with E-state index < -0.39 is 18.2 Å². The number of hydrogen-bond donors (Lipinski definition) is 0. The topological polar surface area (TPSA) is 78.9 Å². The first kappa shape index (κ1) is 13.4. The Morgan fingerprint density at radius 3 is 2.79 bits per heavy atom. The summed E-state index contributed by atoms with van der Waals surface area (Å²) in [7, 11) is 0. The first-order chi connectivity index (χ1) is 9.16. The fraction of sp³-hybridized carbons (Fsp3) is 0.385. The van der Waals surface area contributed by atoms with E-state index in [4.69, 9.17) is 9.47 Å². The second kappa shape index (κ2) is 6.19. The van der Waals surface area contributed by atoms with Crippen molar-refractivity contribution in [1.82, 2.24) is 4.90 Å². The fourth-order valence-corrected chi connectivity index (χ4v) is 1.77. The van der Waals surface area contributed by atoms with E-state index in [0.29, 0.717) is 6.54 Å². The number of morpholine rings is 1. The lowest BCUT2D eigenvalue weighted by molar-refractivity contribution is -0.318. The first-order valence-electron chi connectivity index (χ1n) is 5.95. The largest absolute Gasteiger partial charge is 0.547 e. The predicted octanol–water partition coefficient (Wildman–Crippen LogP) is -0.226. The zero-order valence-corrected chi connectivity index (χ0v) is 10.3. The van der Waals surface area contributed by atoms with Crippen molar-refractivity contribution in [3.63, 3.8) is 0 Å². The number of carboxylic acid groups (broad SMARTS) is 1. The van der Waals surface area contributed by atoms with E-state index in [1.165, 1.54) is 4.90 Å². The highest BCUT2D eigenvalue weighted by Gasteiger charge is 2.25. The Labute approximate surface area is 110 Å². The smallest absolute Gasteiger partial charge is 0.410 e. The van der Waals surface area contributed by atoms with E-state index in [1.807, 2.05) is 30.3 Å².